The Kier molecular flexibility index (Phi) is 7.48. The SMILES string of the molecule is COc1cc([C@@H]2c3cc4c(cc3[C@H](O[C@@H]3O[C@@H]5CO[C@H](c6cccs6)O[C@@H]5[C@H](O)[C@@H]3O)[C@H]3COC(=O)[C@@H]23)OCO4)cc(OC)c1O. The van der Waals surface area contributed by atoms with Gasteiger partial charge < -0.3 is 58.0 Å². The molecule has 0 amide bonds. The molecule has 3 N–H and O–H groups in total. The van der Waals surface area contributed by atoms with Crippen molar-refractivity contribution in [1.82, 2.24) is 0 Å². The fourth-order valence-electron chi connectivity index (χ4n) is 7.18. The number of methoxy groups -OCH3 is 2. The van der Waals surface area contributed by atoms with E-state index in [1.807, 2.05) is 23.6 Å². The van der Waals surface area contributed by atoms with Crippen LogP contribution in [0.25, 0.3) is 0 Å². The number of benzene rings is 2. The van der Waals surface area contributed by atoms with Crippen LogP contribution >= 0.6 is 11.3 Å². The number of phenolic OH excluding ortho intramolecular Hbond substituents is 1. The van der Waals surface area contributed by atoms with E-state index in [9.17, 15) is 20.1 Å². The number of aromatic hydroxyl groups is 1. The van der Waals surface area contributed by atoms with Gasteiger partial charge in [-0.1, -0.05) is 6.07 Å². The highest BCUT2D eigenvalue weighted by Gasteiger charge is 2.56. The van der Waals surface area contributed by atoms with E-state index in [1.54, 1.807) is 18.2 Å². The summed E-state index contributed by atoms with van der Waals surface area (Å²) in [5.74, 6) is -1.08. The third kappa shape index (κ3) is 4.70. The summed E-state index contributed by atoms with van der Waals surface area (Å²) in [5.41, 5.74) is 2.00. The number of fused-ring (bicyclic) bond motifs is 4. The summed E-state index contributed by atoms with van der Waals surface area (Å²) in [4.78, 5) is 14.3. The summed E-state index contributed by atoms with van der Waals surface area (Å²) >= 11 is 1.46. The van der Waals surface area contributed by atoms with Gasteiger partial charge in [0.05, 0.1) is 44.3 Å². The van der Waals surface area contributed by atoms with E-state index in [2.05, 4.69) is 0 Å². The molecule has 3 aromatic rings. The quantitative estimate of drug-likeness (QED) is 0.333. The molecule has 0 spiro atoms. The number of thiophene rings is 1. The molecule has 8 rings (SSSR count). The van der Waals surface area contributed by atoms with Crippen LogP contribution in [-0.4, -0.2) is 86.2 Å². The second kappa shape index (κ2) is 11.6. The number of carbonyl (C=O) groups excluding carboxylic acids is 1. The molecule has 14 heteroatoms. The van der Waals surface area contributed by atoms with E-state index >= 15 is 0 Å². The Morgan fingerprint density at radius 2 is 1.65 bits per heavy atom. The van der Waals surface area contributed by atoms with Crippen LogP contribution in [0.1, 0.15) is 39.9 Å². The minimum atomic E-state index is -1.47. The molecule has 0 bridgehead atoms. The molecule has 46 heavy (non-hydrogen) atoms. The van der Waals surface area contributed by atoms with Crippen LogP contribution in [0.2, 0.25) is 0 Å². The standard InChI is InChI=1S/C32H32O13S/c1-37-19-6-13(7-20(38-2)25(19)33)23-14-8-17-18(42-12-41-17)9-15(14)28(16-10-39-30(36)24(16)23)44-32-27(35)26(34)29-21(43-32)11-40-31(45-29)22-4-3-5-46-22/h3-9,16,21,23-24,26-29,31-35H,10-12H2,1-2H3/t16-,21+,23+,24+,26+,27-,28-,29-,31-,32-/m0/s1. The predicted molar refractivity (Wildman–Crippen MR) is 156 cm³/mol. The highest BCUT2D eigenvalue weighted by atomic mass is 32.1. The Morgan fingerprint density at radius 3 is 2.35 bits per heavy atom. The molecule has 3 fully saturated rings. The maximum absolute atomic E-state index is 13.5. The van der Waals surface area contributed by atoms with Crippen LogP contribution < -0.4 is 18.9 Å². The van der Waals surface area contributed by atoms with Gasteiger partial charge in [-0.3, -0.25) is 4.79 Å². The number of carbonyl (C=O) groups is 1. The normalized spacial score (nSPS) is 34.3. The molecular formula is C32H32O13S. The van der Waals surface area contributed by atoms with Crippen LogP contribution in [-0.2, 0) is 28.5 Å². The molecule has 0 saturated carbocycles. The Hall–Kier alpha value is -3.63. The molecule has 5 heterocycles. The molecule has 0 radical (unpaired) electrons. The maximum atomic E-state index is 13.5. The van der Waals surface area contributed by atoms with Crippen molar-refractivity contribution in [3.05, 3.63) is 63.3 Å². The fourth-order valence-corrected chi connectivity index (χ4v) is 7.89. The Labute approximate surface area is 267 Å². The number of cyclic esters (lactones) is 1. The third-order valence-corrected chi connectivity index (χ3v) is 10.3. The zero-order valence-corrected chi connectivity index (χ0v) is 25.6. The van der Waals surface area contributed by atoms with E-state index in [1.165, 1.54) is 25.6 Å². The lowest BCUT2D eigenvalue weighted by Crippen LogP contribution is -2.62. The smallest absolute Gasteiger partial charge is 0.310 e. The lowest BCUT2D eigenvalue weighted by molar-refractivity contribution is -0.368. The summed E-state index contributed by atoms with van der Waals surface area (Å²) in [7, 11) is 2.86. The van der Waals surface area contributed by atoms with Gasteiger partial charge in [0.2, 0.25) is 12.5 Å². The largest absolute Gasteiger partial charge is 0.502 e. The second-order valence-electron chi connectivity index (χ2n) is 11.8. The van der Waals surface area contributed by atoms with E-state index < -0.39 is 66.8 Å². The summed E-state index contributed by atoms with van der Waals surface area (Å²) < 4.78 is 52.6. The highest BCUT2D eigenvalue weighted by molar-refractivity contribution is 7.10. The lowest BCUT2D eigenvalue weighted by atomic mass is 9.66. The van der Waals surface area contributed by atoms with E-state index in [-0.39, 0.29) is 37.3 Å². The van der Waals surface area contributed by atoms with Crippen molar-refractivity contribution in [3.8, 4) is 28.7 Å². The molecule has 3 saturated heterocycles. The molecule has 5 aliphatic rings. The molecule has 1 aromatic heterocycles. The van der Waals surface area contributed by atoms with Gasteiger partial charge in [-0.05, 0) is 52.4 Å². The van der Waals surface area contributed by atoms with Crippen molar-refractivity contribution in [3.63, 3.8) is 0 Å². The van der Waals surface area contributed by atoms with Gasteiger partial charge in [0.25, 0.3) is 0 Å². The Balaban J connectivity index is 1.16. The summed E-state index contributed by atoms with van der Waals surface area (Å²) in [5, 5.41) is 35.0. The first-order chi connectivity index (χ1) is 22.4. The molecule has 0 unspecified atom stereocenters. The zero-order chi connectivity index (χ0) is 31.7. The van der Waals surface area contributed by atoms with Crippen LogP contribution in [0.15, 0.2) is 41.8 Å². The average molecular weight is 657 g/mol. The first-order valence-corrected chi connectivity index (χ1v) is 15.8. The highest BCUT2D eigenvalue weighted by Crippen LogP contribution is 2.57. The number of phenols is 1. The zero-order valence-electron chi connectivity index (χ0n) is 24.8. The van der Waals surface area contributed by atoms with E-state index in [0.29, 0.717) is 28.2 Å². The Bertz CT molecular complexity index is 1600. The first kappa shape index (κ1) is 29.8. The van der Waals surface area contributed by atoms with Gasteiger partial charge >= 0.3 is 5.97 Å². The third-order valence-electron chi connectivity index (χ3n) is 9.37. The van der Waals surface area contributed by atoms with Gasteiger partial charge in [-0.25, -0.2) is 0 Å². The number of ether oxygens (including phenoxy) is 9. The fraction of sp³-hybridized carbons (Fsp3) is 0.469. The van der Waals surface area contributed by atoms with Gasteiger partial charge in [0.1, 0.15) is 24.4 Å². The number of esters is 1. The van der Waals surface area contributed by atoms with Crippen molar-refractivity contribution < 1.29 is 62.7 Å². The predicted octanol–water partition coefficient (Wildman–Crippen LogP) is 2.75. The summed E-state index contributed by atoms with van der Waals surface area (Å²) in [6.45, 7) is 0.171. The number of rotatable bonds is 6. The minimum absolute atomic E-state index is 0.0242. The molecule has 1 aliphatic carbocycles. The molecule has 244 valence electrons. The van der Waals surface area contributed by atoms with Gasteiger partial charge in [-0.2, -0.15) is 0 Å². The second-order valence-corrected chi connectivity index (χ2v) is 12.7. The monoisotopic (exact) mass is 656 g/mol. The summed E-state index contributed by atoms with van der Waals surface area (Å²) in [6, 6.07) is 10.7. The summed E-state index contributed by atoms with van der Waals surface area (Å²) in [6.07, 6.45) is -7.16. The van der Waals surface area contributed by atoms with Crippen LogP contribution in [0.3, 0.4) is 0 Å². The van der Waals surface area contributed by atoms with Crippen molar-refractivity contribution in [2.45, 2.75) is 49.0 Å². The molecule has 2 aromatic carbocycles. The number of aliphatic hydroxyl groups excluding tert-OH is 2. The van der Waals surface area contributed by atoms with Crippen molar-refractivity contribution in [2.75, 3.05) is 34.2 Å². The van der Waals surface area contributed by atoms with Crippen molar-refractivity contribution in [1.29, 1.82) is 0 Å². The van der Waals surface area contributed by atoms with Crippen molar-refractivity contribution >= 4 is 17.3 Å². The van der Waals surface area contributed by atoms with Crippen molar-refractivity contribution in [2.24, 2.45) is 11.8 Å². The topological polar surface area (TPSA) is 161 Å². The van der Waals surface area contributed by atoms with Crippen LogP contribution in [0.4, 0.5) is 0 Å². The number of hydrogen-bond donors (Lipinski definition) is 3. The first-order valence-electron chi connectivity index (χ1n) is 14.9. The molecule has 4 aliphatic heterocycles. The van der Waals surface area contributed by atoms with E-state index in [0.717, 1.165) is 4.88 Å². The maximum Gasteiger partial charge on any atom is 0.310 e. The van der Waals surface area contributed by atoms with Gasteiger partial charge in [0, 0.05) is 11.8 Å². The van der Waals surface area contributed by atoms with Crippen LogP contribution in [0.5, 0.6) is 28.7 Å². The van der Waals surface area contributed by atoms with E-state index in [4.69, 9.17) is 42.6 Å². The number of hydrogen-bond acceptors (Lipinski definition) is 14. The van der Waals surface area contributed by atoms with Crippen LogP contribution in [0, 0.1) is 11.8 Å². The molecule has 10 atom stereocenters. The lowest BCUT2D eigenvalue weighted by Gasteiger charge is -2.48. The molecular weight excluding hydrogens is 624 g/mol. The van der Waals surface area contributed by atoms with Gasteiger partial charge in [-0.15, -0.1) is 11.3 Å². The number of aliphatic hydroxyl groups is 2. The minimum Gasteiger partial charge on any atom is -0.502 e. The Morgan fingerprint density at radius 1 is 0.913 bits per heavy atom. The average Bonchev–Trinajstić information content (AvgIpc) is 3.85. The molecule has 13 nitrogen and oxygen atoms in total. The van der Waals surface area contributed by atoms with Gasteiger partial charge in [0.15, 0.2) is 35.6 Å².